The largest absolute Gasteiger partial charge is 0.388 e. The van der Waals surface area contributed by atoms with E-state index >= 15 is 0 Å². The molecule has 2 aliphatic carbocycles. The zero-order chi connectivity index (χ0) is 15.0. The van der Waals surface area contributed by atoms with Gasteiger partial charge in [-0.3, -0.25) is 0 Å². The van der Waals surface area contributed by atoms with Crippen LogP contribution < -0.4 is 0 Å². The fourth-order valence-corrected chi connectivity index (χ4v) is 4.59. The standard InChI is InChI=1S/C18H31NO/c1-14-7-10-17(12-14,13-19)18(20)9-5-6-15(8-11-18)16(2,3)4/h14-15,20H,5-12H2,1-4H3. The van der Waals surface area contributed by atoms with Crippen molar-refractivity contribution >= 4 is 0 Å². The number of nitriles is 1. The summed E-state index contributed by atoms with van der Waals surface area (Å²) in [5, 5.41) is 21.0. The summed E-state index contributed by atoms with van der Waals surface area (Å²) in [6.45, 7) is 9.14. The van der Waals surface area contributed by atoms with Crippen LogP contribution in [0.15, 0.2) is 0 Å². The Morgan fingerprint density at radius 3 is 2.30 bits per heavy atom. The van der Waals surface area contributed by atoms with Crippen LogP contribution in [-0.2, 0) is 0 Å². The lowest BCUT2D eigenvalue weighted by Gasteiger charge is -2.40. The molecule has 2 saturated carbocycles. The molecule has 4 atom stereocenters. The van der Waals surface area contributed by atoms with Crippen LogP contribution in [0.1, 0.15) is 79.1 Å². The molecule has 20 heavy (non-hydrogen) atoms. The molecule has 2 fully saturated rings. The van der Waals surface area contributed by atoms with Crippen molar-refractivity contribution in [2.24, 2.45) is 22.7 Å². The van der Waals surface area contributed by atoms with E-state index in [1.54, 1.807) is 0 Å². The van der Waals surface area contributed by atoms with Gasteiger partial charge in [0.25, 0.3) is 0 Å². The first-order chi connectivity index (χ1) is 9.22. The summed E-state index contributed by atoms with van der Waals surface area (Å²) in [7, 11) is 0. The monoisotopic (exact) mass is 277 g/mol. The number of hydrogen-bond acceptors (Lipinski definition) is 2. The first-order valence-corrected chi connectivity index (χ1v) is 8.36. The molecule has 0 spiro atoms. The molecule has 0 heterocycles. The van der Waals surface area contributed by atoms with Crippen molar-refractivity contribution in [2.75, 3.05) is 0 Å². The molecule has 0 amide bonds. The summed E-state index contributed by atoms with van der Waals surface area (Å²) >= 11 is 0. The lowest BCUT2D eigenvalue weighted by Crippen LogP contribution is -2.46. The third-order valence-corrected chi connectivity index (χ3v) is 6.14. The van der Waals surface area contributed by atoms with Gasteiger partial charge < -0.3 is 5.11 Å². The van der Waals surface area contributed by atoms with E-state index in [9.17, 15) is 10.4 Å². The Balaban J connectivity index is 2.17. The van der Waals surface area contributed by atoms with Gasteiger partial charge in [0.2, 0.25) is 0 Å². The quantitative estimate of drug-likeness (QED) is 0.708. The molecule has 2 heteroatoms. The van der Waals surface area contributed by atoms with Gasteiger partial charge in [-0.15, -0.1) is 0 Å². The molecular formula is C18H31NO. The second-order valence-corrected chi connectivity index (χ2v) is 8.57. The average Bonchev–Trinajstić information content (AvgIpc) is 2.62. The Morgan fingerprint density at radius 2 is 1.80 bits per heavy atom. The summed E-state index contributed by atoms with van der Waals surface area (Å²) in [5.41, 5.74) is -0.903. The molecule has 1 N–H and O–H groups in total. The minimum atomic E-state index is -0.744. The summed E-state index contributed by atoms with van der Waals surface area (Å²) < 4.78 is 0. The van der Waals surface area contributed by atoms with Gasteiger partial charge >= 0.3 is 0 Å². The van der Waals surface area contributed by atoms with E-state index in [0.717, 1.165) is 44.9 Å². The van der Waals surface area contributed by atoms with Gasteiger partial charge in [0.1, 0.15) is 0 Å². The number of aliphatic hydroxyl groups is 1. The first kappa shape index (κ1) is 15.8. The molecule has 2 aliphatic rings. The SMILES string of the molecule is CC1CCC(C#N)(C2(O)CCCC(C(C)(C)C)CC2)C1. The van der Waals surface area contributed by atoms with Crippen molar-refractivity contribution in [3.05, 3.63) is 0 Å². The Morgan fingerprint density at radius 1 is 1.10 bits per heavy atom. The fraction of sp³-hybridized carbons (Fsp3) is 0.944. The Bertz CT molecular complexity index is 391. The first-order valence-electron chi connectivity index (χ1n) is 8.36. The smallest absolute Gasteiger partial charge is 0.0862 e. The number of nitrogens with zero attached hydrogens (tertiary/aromatic N) is 1. The summed E-state index contributed by atoms with van der Waals surface area (Å²) in [6.07, 6.45) is 7.84. The maximum atomic E-state index is 11.3. The second kappa shape index (κ2) is 5.34. The van der Waals surface area contributed by atoms with Crippen LogP contribution >= 0.6 is 0 Å². The lowest BCUT2D eigenvalue weighted by atomic mass is 9.67. The van der Waals surface area contributed by atoms with Gasteiger partial charge in [0.15, 0.2) is 0 Å². The summed E-state index contributed by atoms with van der Waals surface area (Å²) in [5.74, 6) is 1.26. The molecular weight excluding hydrogens is 246 g/mol. The minimum absolute atomic E-state index is 0.314. The Labute approximate surface area is 124 Å². The molecule has 0 aromatic heterocycles. The van der Waals surface area contributed by atoms with E-state index in [2.05, 4.69) is 33.8 Å². The highest BCUT2D eigenvalue weighted by molar-refractivity contribution is 5.15. The van der Waals surface area contributed by atoms with E-state index in [1.165, 1.54) is 6.42 Å². The van der Waals surface area contributed by atoms with Gasteiger partial charge in [-0.1, -0.05) is 34.1 Å². The minimum Gasteiger partial charge on any atom is -0.388 e. The van der Waals surface area contributed by atoms with Gasteiger partial charge in [0, 0.05) is 0 Å². The molecule has 0 bridgehead atoms. The number of hydrogen-bond donors (Lipinski definition) is 1. The topological polar surface area (TPSA) is 44.0 Å². The van der Waals surface area contributed by atoms with Crippen LogP contribution in [0, 0.1) is 34.0 Å². The van der Waals surface area contributed by atoms with Crippen molar-refractivity contribution in [1.82, 2.24) is 0 Å². The normalized spacial score (nSPS) is 43.0. The van der Waals surface area contributed by atoms with Crippen molar-refractivity contribution < 1.29 is 5.11 Å². The molecule has 2 nitrogen and oxygen atoms in total. The van der Waals surface area contributed by atoms with Crippen LogP contribution in [0.4, 0.5) is 0 Å². The van der Waals surface area contributed by atoms with Crippen molar-refractivity contribution in [2.45, 2.75) is 84.7 Å². The maximum Gasteiger partial charge on any atom is 0.0862 e. The van der Waals surface area contributed by atoms with Gasteiger partial charge in [-0.25, -0.2) is 0 Å². The zero-order valence-corrected chi connectivity index (χ0v) is 13.7. The number of rotatable bonds is 1. The molecule has 0 aromatic rings. The second-order valence-electron chi connectivity index (χ2n) is 8.57. The molecule has 0 saturated heterocycles. The van der Waals surface area contributed by atoms with Gasteiger partial charge in [-0.2, -0.15) is 5.26 Å². The predicted molar refractivity (Wildman–Crippen MR) is 82.0 cm³/mol. The molecule has 0 radical (unpaired) electrons. The van der Waals surface area contributed by atoms with Gasteiger partial charge in [-0.05, 0) is 62.2 Å². The van der Waals surface area contributed by atoms with E-state index < -0.39 is 11.0 Å². The van der Waals surface area contributed by atoms with Crippen LogP contribution in [-0.4, -0.2) is 10.7 Å². The van der Waals surface area contributed by atoms with E-state index in [0.29, 0.717) is 17.3 Å². The van der Waals surface area contributed by atoms with Crippen LogP contribution in [0.25, 0.3) is 0 Å². The summed E-state index contributed by atoms with van der Waals surface area (Å²) in [4.78, 5) is 0. The maximum absolute atomic E-state index is 11.3. The van der Waals surface area contributed by atoms with E-state index in [-0.39, 0.29) is 0 Å². The van der Waals surface area contributed by atoms with E-state index in [4.69, 9.17) is 0 Å². The zero-order valence-electron chi connectivity index (χ0n) is 13.7. The Kier molecular flexibility index (Phi) is 4.22. The van der Waals surface area contributed by atoms with Crippen molar-refractivity contribution in [1.29, 1.82) is 5.26 Å². The third-order valence-electron chi connectivity index (χ3n) is 6.14. The van der Waals surface area contributed by atoms with Crippen LogP contribution in [0.5, 0.6) is 0 Å². The molecule has 114 valence electrons. The predicted octanol–water partition coefficient (Wildman–Crippen LogP) is 4.67. The average molecular weight is 277 g/mol. The van der Waals surface area contributed by atoms with Crippen molar-refractivity contribution in [3.8, 4) is 6.07 Å². The molecule has 4 unspecified atom stereocenters. The Hall–Kier alpha value is -0.550. The molecule has 0 aromatic carbocycles. The lowest BCUT2D eigenvalue weighted by molar-refractivity contribution is -0.0677. The van der Waals surface area contributed by atoms with E-state index in [1.807, 2.05) is 0 Å². The highest BCUT2D eigenvalue weighted by Gasteiger charge is 2.54. The summed E-state index contributed by atoms with van der Waals surface area (Å²) in [6, 6.07) is 2.55. The van der Waals surface area contributed by atoms with Crippen LogP contribution in [0.2, 0.25) is 0 Å². The van der Waals surface area contributed by atoms with Crippen LogP contribution in [0.3, 0.4) is 0 Å². The highest BCUT2D eigenvalue weighted by atomic mass is 16.3. The molecule has 0 aliphatic heterocycles. The molecule has 2 rings (SSSR count). The van der Waals surface area contributed by atoms with Crippen molar-refractivity contribution in [3.63, 3.8) is 0 Å². The fourth-order valence-electron chi connectivity index (χ4n) is 4.59. The third kappa shape index (κ3) is 2.75. The van der Waals surface area contributed by atoms with Gasteiger partial charge in [0.05, 0.1) is 17.1 Å². The highest BCUT2D eigenvalue weighted by Crippen LogP contribution is 2.54.